The standard InChI is InChI=1S/C27H24BrN3O4/c1-18-6-3-7-19(12-18)16-35-27-22(28)13-20(14-24(27)33-2)15-30-31-25(32)17-34-23-10-4-8-21-9-5-11-29-26(21)23/h3-15H,16-17H2,1-2H3,(H,31,32)/b30-15+. The number of amides is 1. The Morgan fingerprint density at radius 1 is 1.06 bits per heavy atom. The van der Waals surface area contributed by atoms with E-state index in [-0.39, 0.29) is 6.61 Å². The third kappa shape index (κ3) is 6.36. The minimum atomic E-state index is -0.390. The topological polar surface area (TPSA) is 82.0 Å². The first-order valence-electron chi connectivity index (χ1n) is 10.9. The zero-order chi connectivity index (χ0) is 24.6. The minimum Gasteiger partial charge on any atom is -0.493 e. The van der Waals surface area contributed by atoms with Gasteiger partial charge in [0.25, 0.3) is 5.91 Å². The number of aryl methyl sites for hydroxylation is 1. The second-order valence-electron chi connectivity index (χ2n) is 7.72. The molecule has 0 atom stereocenters. The fourth-order valence-electron chi connectivity index (χ4n) is 3.46. The lowest BCUT2D eigenvalue weighted by Gasteiger charge is -2.14. The van der Waals surface area contributed by atoms with Crippen molar-refractivity contribution in [2.75, 3.05) is 13.7 Å². The number of hydrogen-bond donors (Lipinski definition) is 1. The number of ether oxygens (including phenoxy) is 3. The van der Waals surface area contributed by atoms with Crippen LogP contribution in [0.25, 0.3) is 10.9 Å². The SMILES string of the molecule is COc1cc(/C=N/NC(=O)COc2cccc3cccnc23)cc(Br)c1OCc1cccc(C)c1. The molecule has 0 radical (unpaired) electrons. The van der Waals surface area contributed by atoms with E-state index in [2.05, 4.69) is 37.5 Å². The molecule has 0 unspecified atom stereocenters. The van der Waals surface area contributed by atoms with Crippen LogP contribution in [0.4, 0.5) is 0 Å². The molecule has 0 aliphatic heterocycles. The fraction of sp³-hybridized carbons (Fsp3) is 0.148. The van der Waals surface area contributed by atoms with Crippen molar-refractivity contribution in [1.29, 1.82) is 0 Å². The number of halogens is 1. The monoisotopic (exact) mass is 533 g/mol. The molecule has 4 rings (SSSR count). The largest absolute Gasteiger partial charge is 0.493 e. The van der Waals surface area contributed by atoms with Crippen molar-refractivity contribution in [1.82, 2.24) is 10.4 Å². The van der Waals surface area contributed by atoms with Gasteiger partial charge in [-0.05, 0) is 58.2 Å². The molecule has 1 aromatic heterocycles. The van der Waals surface area contributed by atoms with Crippen molar-refractivity contribution in [2.24, 2.45) is 5.10 Å². The number of hydrogen-bond acceptors (Lipinski definition) is 6. The number of fused-ring (bicyclic) bond motifs is 1. The fourth-order valence-corrected chi connectivity index (χ4v) is 4.03. The van der Waals surface area contributed by atoms with Crippen molar-refractivity contribution >= 4 is 39.0 Å². The molecule has 0 bridgehead atoms. The molecule has 8 heteroatoms. The number of carbonyl (C=O) groups excluding carboxylic acids is 1. The van der Waals surface area contributed by atoms with Crippen LogP contribution in [-0.2, 0) is 11.4 Å². The Labute approximate surface area is 211 Å². The van der Waals surface area contributed by atoms with E-state index in [1.165, 1.54) is 11.8 Å². The Balaban J connectivity index is 1.35. The summed E-state index contributed by atoms with van der Waals surface area (Å²) in [6.45, 7) is 2.26. The number of benzene rings is 3. The van der Waals surface area contributed by atoms with Crippen LogP contribution >= 0.6 is 15.9 Å². The number of nitrogens with zero attached hydrogens (tertiary/aromatic N) is 2. The van der Waals surface area contributed by atoms with Gasteiger partial charge in [-0.2, -0.15) is 5.10 Å². The van der Waals surface area contributed by atoms with Gasteiger partial charge in [-0.3, -0.25) is 9.78 Å². The maximum absolute atomic E-state index is 12.2. The number of methoxy groups -OCH3 is 1. The molecular weight excluding hydrogens is 510 g/mol. The molecule has 0 spiro atoms. The van der Waals surface area contributed by atoms with Crippen molar-refractivity contribution in [3.05, 3.63) is 94.1 Å². The van der Waals surface area contributed by atoms with Gasteiger partial charge in [-0.1, -0.05) is 48.0 Å². The average molecular weight is 534 g/mol. The van der Waals surface area contributed by atoms with Crippen LogP contribution in [0.1, 0.15) is 16.7 Å². The highest BCUT2D eigenvalue weighted by Gasteiger charge is 2.12. The highest BCUT2D eigenvalue weighted by atomic mass is 79.9. The Bertz CT molecular complexity index is 1370. The van der Waals surface area contributed by atoms with Crippen LogP contribution in [0.15, 0.2) is 82.5 Å². The molecule has 1 amide bonds. The Morgan fingerprint density at radius 3 is 2.71 bits per heavy atom. The molecule has 0 aliphatic rings. The summed E-state index contributed by atoms with van der Waals surface area (Å²) in [5, 5.41) is 4.97. The maximum atomic E-state index is 12.2. The van der Waals surface area contributed by atoms with Gasteiger partial charge in [0.15, 0.2) is 18.1 Å². The lowest BCUT2D eigenvalue weighted by atomic mass is 10.1. The van der Waals surface area contributed by atoms with E-state index in [0.717, 1.165) is 16.5 Å². The maximum Gasteiger partial charge on any atom is 0.277 e. The van der Waals surface area contributed by atoms with Crippen LogP contribution in [0.5, 0.6) is 17.2 Å². The third-order valence-electron chi connectivity index (χ3n) is 5.07. The minimum absolute atomic E-state index is 0.189. The zero-order valence-corrected chi connectivity index (χ0v) is 20.9. The number of nitrogens with one attached hydrogen (secondary N) is 1. The molecular formula is C27H24BrN3O4. The van der Waals surface area contributed by atoms with Gasteiger partial charge in [0.05, 0.1) is 17.8 Å². The Kier molecular flexibility index (Phi) is 7.95. The van der Waals surface area contributed by atoms with E-state index < -0.39 is 5.91 Å². The van der Waals surface area contributed by atoms with Gasteiger partial charge in [-0.15, -0.1) is 0 Å². The van der Waals surface area contributed by atoms with Gasteiger partial charge in [-0.25, -0.2) is 5.43 Å². The highest BCUT2D eigenvalue weighted by Crippen LogP contribution is 2.37. The van der Waals surface area contributed by atoms with Crippen molar-refractivity contribution in [2.45, 2.75) is 13.5 Å². The predicted octanol–water partition coefficient (Wildman–Crippen LogP) is 5.42. The van der Waals surface area contributed by atoms with Gasteiger partial charge in [0, 0.05) is 11.6 Å². The van der Waals surface area contributed by atoms with Crippen LogP contribution in [-0.4, -0.2) is 30.8 Å². The number of aromatic nitrogens is 1. The van der Waals surface area contributed by atoms with E-state index >= 15 is 0 Å². The Morgan fingerprint density at radius 2 is 1.89 bits per heavy atom. The summed E-state index contributed by atoms with van der Waals surface area (Å²) in [7, 11) is 1.57. The number of rotatable bonds is 9. The quantitative estimate of drug-likeness (QED) is 0.229. The van der Waals surface area contributed by atoms with E-state index in [4.69, 9.17) is 14.2 Å². The molecule has 0 saturated carbocycles. The van der Waals surface area contributed by atoms with Crippen LogP contribution in [0, 0.1) is 6.92 Å². The van der Waals surface area contributed by atoms with Crippen molar-refractivity contribution < 1.29 is 19.0 Å². The lowest BCUT2D eigenvalue weighted by Crippen LogP contribution is -2.24. The van der Waals surface area contributed by atoms with Crippen molar-refractivity contribution in [3.63, 3.8) is 0 Å². The molecule has 178 valence electrons. The summed E-state index contributed by atoms with van der Waals surface area (Å²) in [4.78, 5) is 16.5. The van der Waals surface area contributed by atoms with Gasteiger partial charge >= 0.3 is 0 Å². The van der Waals surface area contributed by atoms with E-state index in [9.17, 15) is 4.79 Å². The molecule has 0 aliphatic carbocycles. The van der Waals surface area contributed by atoms with E-state index in [1.807, 2.05) is 55.5 Å². The first-order valence-corrected chi connectivity index (χ1v) is 11.7. The second-order valence-corrected chi connectivity index (χ2v) is 8.58. The molecule has 3 aromatic carbocycles. The van der Waals surface area contributed by atoms with Crippen LogP contribution in [0.3, 0.4) is 0 Å². The molecule has 4 aromatic rings. The third-order valence-corrected chi connectivity index (χ3v) is 5.66. The molecule has 1 N–H and O–H groups in total. The van der Waals surface area contributed by atoms with E-state index in [0.29, 0.717) is 33.8 Å². The summed E-state index contributed by atoms with van der Waals surface area (Å²) in [5.74, 6) is 1.29. The number of pyridine rings is 1. The first kappa shape index (κ1) is 24.2. The highest BCUT2D eigenvalue weighted by molar-refractivity contribution is 9.10. The molecule has 0 fully saturated rings. The van der Waals surface area contributed by atoms with Gasteiger partial charge in [0.1, 0.15) is 17.9 Å². The molecule has 35 heavy (non-hydrogen) atoms. The summed E-state index contributed by atoms with van der Waals surface area (Å²) in [6.07, 6.45) is 3.21. The van der Waals surface area contributed by atoms with Crippen LogP contribution < -0.4 is 19.6 Å². The molecule has 7 nitrogen and oxygen atoms in total. The van der Waals surface area contributed by atoms with Crippen molar-refractivity contribution in [3.8, 4) is 17.2 Å². The number of carbonyl (C=O) groups is 1. The van der Waals surface area contributed by atoms with Gasteiger partial charge < -0.3 is 14.2 Å². The van der Waals surface area contributed by atoms with Gasteiger partial charge in [0.2, 0.25) is 0 Å². The summed E-state index contributed by atoms with van der Waals surface area (Å²) in [6, 6.07) is 21.1. The van der Waals surface area contributed by atoms with E-state index in [1.54, 1.807) is 25.4 Å². The first-order chi connectivity index (χ1) is 17.0. The number of hydrazone groups is 1. The zero-order valence-electron chi connectivity index (χ0n) is 19.3. The Hall–Kier alpha value is -3.91. The lowest BCUT2D eigenvalue weighted by molar-refractivity contribution is -0.123. The summed E-state index contributed by atoms with van der Waals surface area (Å²) in [5.41, 5.74) is 6.13. The van der Waals surface area contributed by atoms with Crippen LogP contribution in [0.2, 0.25) is 0 Å². The predicted molar refractivity (Wildman–Crippen MR) is 139 cm³/mol. The molecule has 1 heterocycles. The summed E-state index contributed by atoms with van der Waals surface area (Å²) >= 11 is 3.54. The smallest absolute Gasteiger partial charge is 0.277 e. The average Bonchev–Trinajstić information content (AvgIpc) is 2.86. The molecule has 0 saturated heterocycles. The normalized spacial score (nSPS) is 10.9. The number of para-hydroxylation sites is 1. The second kappa shape index (κ2) is 11.5. The summed E-state index contributed by atoms with van der Waals surface area (Å²) < 4.78 is 17.8.